The molecular weight excluding hydrogens is 234 g/mol. The van der Waals surface area contributed by atoms with E-state index in [1.54, 1.807) is 6.92 Å². The van der Waals surface area contributed by atoms with Crippen LogP contribution in [-0.4, -0.2) is 10.8 Å². The molecule has 1 aromatic rings. The molecule has 1 amide bonds. The highest BCUT2D eigenvalue weighted by Gasteiger charge is 2.27. The van der Waals surface area contributed by atoms with E-state index in [1.807, 2.05) is 6.07 Å². The van der Waals surface area contributed by atoms with Crippen molar-refractivity contribution in [1.29, 1.82) is 5.26 Å². The zero-order valence-corrected chi connectivity index (χ0v) is 10.4. The first-order chi connectivity index (χ1) is 8.27. The number of carbonyl (C=O) groups excluding carboxylic acids is 1. The molecule has 1 aromatic carbocycles. The van der Waals surface area contributed by atoms with Crippen LogP contribution in [0.15, 0.2) is 18.2 Å². The van der Waals surface area contributed by atoms with Crippen LogP contribution in [0, 0.1) is 33.8 Å². The number of nitro groups is 1. The van der Waals surface area contributed by atoms with Crippen LogP contribution in [0.5, 0.6) is 0 Å². The lowest BCUT2D eigenvalue weighted by Crippen LogP contribution is -2.29. The fourth-order valence-corrected chi connectivity index (χ4v) is 1.28. The summed E-state index contributed by atoms with van der Waals surface area (Å²) in [4.78, 5) is 21.9. The van der Waals surface area contributed by atoms with Crippen molar-refractivity contribution < 1.29 is 9.72 Å². The van der Waals surface area contributed by atoms with Crippen LogP contribution in [0.4, 0.5) is 11.4 Å². The molecule has 0 aliphatic rings. The highest BCUT2D eigenvalue weighted by Crippen LogP contribution is 2.23. The molecule has 0 unspecified atom stereocenters. The number of nitriles is 1. The summed E-state index contributed by atoms with van der Waals surface area (Å²) >= 11 is 0. The van der Waals surface area contributed by atoms with Gasteiger partial charge in [0.05, 0.1) is 11.0 Å². The van der Waals surface area contributed by atoms with Gasteiger partial charge in [-0.15, -0.1) is 0 Å². The van der Waals surface area contributed by atoms with Crippen molar-refractivity contribution in [3.63, 3.8) is 0 Å². The SMILES string of the molecule is Cc1cc(NC(=O)C(C)(C)C#N)ccc1[N+](=O)[O-]. The van der Waals surface area contributed by atoms with Gasteiger partial charge in [0.1, 0.15) is 5.41 Å². The number of rotatable bonds is 3. The Kier molecular flexibility index (Phi) is 3.67. The van der Waals surface area contributed by atoms with Crippen molar-refractivity contribution >= 4 is 17.3 Å². The van der Waals surface area contributed by atoms with Gasteiger partial charge in [-0.25, -0.2) is 0 Å². The molecule has 0 aliphatic carbocycles. The lowest BCUT2D eigenvalue weighted by atomic mass is 9.94. The molecule has 0 saturated carbocycles. The zero-order chi connectivity index (χ0) is 13.9. The van der Waals surface area contributed by atoms with Gasteiger partial charge in [0.15, 0.2) is 0 Å². The quantitative estimate of drug-likeness (QED) is 0.655. The molecule has 0 aliphatic heterocycles. The van der Waals surface area contributed by atoms with E-state index < -0.39 is 16.2 Å². The molecule has 0 radical (unpaired) electrons. The molecule has 0 saturated heterocycles. The minimum Gasteiger partial charge on any atom is -0.325 e. The lowest BCUT2D eigenvalue weighted by molar-refractivity contribution is -0.385. The number of hydrogen-bond donors (Lipinski definition) is 1. The summed E-state index contributed by atoms with van der Waals surface area (Å²) in [6.45, 7) is 4.59. The summed E-state index contributed by atoms with van der Waals surface area (Å²) < 4.78 is 0. The normalized spacial score (nSPS) is 10.6. The molecule has 0 fully saturated rings. The van der Waals surface area contributed by atoms with Crippen molar-refractivity contribution in [3.8, 4) is 6.07 Å². The monoisotopic (exact) mass is 247 g/mol. The van der Waals surface area contributed by atoms with E-state index in [1.165, 1.54) is 32.0 Å². The van der Waals surface area contributed by atoms with Crippen LogP contribution in [0.2, 0.25) is 0 Å². The summed E-state index contributed by atoms with van der Waals surface area (Å²) in [5, 5.41) is 22.0. The molecule has 94 valence electrons. The number of benzene rings is 1. The molecular formula is C12H13N3O3. The summed E-state index contributed by atoms with van der Waals surface area (Å²) in [6, 6.07) is 6.15. The van der Waals surface area contributed by atoms with Crippen molar-refractivity contribution in [3.05, 3.63) is 33.9 Å². The highest BCUT2D eigenvalue weighted by atomic mass is 16.6. The van der Waals surface area contributed by atoms with Crippen LogP contribution >= 0.6 is 0 Å². The number of anilines is 1. The van der Waals surface area contributed by atoms with Crippen molar-refractivity contribution in [2.45, 2.75) is 20.8 Å². The second-order valence-electron chi connectivity index (χ2n) is 4.45. The second kappa shape index (κ2) is 4.84. The van der Waals surface area contributed by atoms with Gasteiger partial charge in [0.25, 0.3) is 5.69 Å². The van der Waals surface area contributed by atoms with Crippen LogP contribution in [0.1, 0.15) is 19.4 Å². The Hall–Kier alpha value is -2.42. The van der Waals surface area contributed by atoms with Crippen molar-refractivity contribution in [2.24, 2.45) is 5.41 Å². The smallest absolute Gasteiger partial charge is 0.272 e. The van der Waals surface area contributed by atoms with Gasteiger partial charge in [-0.3, -0.25) is 14.9 Å². The predicted molar refractivity (Wildman–Crippen MR) is 65.9 cm³/mol. The van der Waals surface area contributed by atoms with Gasteiger partial charge < -0.3 is 5.32 Å². The van der Waals surface area contributed by atoms with E-state index >= 15 is 0 Å². The molecule has 6 heteroatoms. The minimum absolute atomic E-state index is 0.00691. The number of nitro benzene ring substituents is 1. The fourth-order valence-electron chi connectivity index (χ4n) is 1.28. The first-order valence-electron chi connectivity index (χ1n) is 5.25. The van der Waals surface area contributed by atoms with Crippen molar-refractivity contribution in [2.75, 3.05) is 5.32 Å². The Morgan fingerprint density at radius 2 is 2.11 bits per heavy atom. The Balaban J connectivity index is 2.95. The van der Waals surface area contributed by atoms with E-state index in [2.05, 4.69) is 5.32 Å². The van der Waals surface area contributed by atoms with Crippen LogP contribution < -0.4 is 5.32 Å². The molecule has 0 aromatic heterocycles. The van der Waals surface area contributed by atoms with Gasteiger partial charge >= 0.3 is 0 Å². The Morgan fingerprint density at radius 3 is 2.56 bits per heavy atom. The van der Waals surface area contributed by atoms with E-state index in [0.29, 0.717) is 11.3 Å². The van der Waals surface area contributed by atoms with Gasteiger partial charge in [0, 0.05) is 17.3 Å². The summed E-state index contributed by atoms with van der Waals surface area (Å²) in [7, 11) is 0. The van der Waals surface area contributed by atoms with E-state index in [0.717, 1.165) is 0 Å². The standard InChI is InChI=1S/C12H13N3O3/c1-8-6-9(4-5-10(8)15(17)18)14-11(16)12(2,3)7-13/h4-6H,1-3H3,(H,14,16). The van der Waals surface area contributed by atoms with Crippen LogP contribution in [0.25, 0.3) is 0 Å². The minimum atomic E-state index is -1.14. The number of hydrogen-bond acceptors (Lipinski definition) is 4. The third-order valence-electron chi connectivity index (χ3n) is 2.50. The molecule has 1 N–H and O–H groups in total. The molecule has 0 bridgehead atoms. The fraction of sp³-hybridized carbons (Fsp3) is 0.333. The average Bonchev–Trinajstić information content (AvgIpc) is 2.28. The lowest BCUT2D eigenvalue weighted by Gasteiger charge is -2.15. The molecule has 0 heterocycles. The Bertz CT molecular complexity index is 544. The molecule has 1 rings (SSSR count). The van der Waals surface area contributed by atoms with Crippen molar-refractivity contribution in [1.82, 2.24) is 0 Å². The zero-order valence-electron chi connectivity index (χ0n) is 10.4. The number of nitrogens with one attached hydrogen (secondary N) is 1. The Labute approximate surface area is 104 Å². The third kappa shape index (κ3) is 2.83. The molecule has 0 spiro atoms. The van der Waals surface area contributed by atoms with E-state index in [4.69, 9.17) is 5.26 Å². The number of aryl methyl sites for hydroxylation is 1. The number of nitrogens with zero attached hydrogens (tertiary/aromatic N) is 2. The van der Waals surface area contributed by atoms with Gasteiger partial charge in [-0.1, -0.05) is 0 Å². The van der Waals surface area contributed by atoms with Gasteiger partial charge in [-0.05, 0) is 32.9 Å². The highest BCUT2D eigenvalue weighted by molar-refractivity contribution is 5.96. The maximum atomic E-state index is 11.7. The first-order valence-corrected chi connectivity index (χ1v) is 5.25. The summed E-state index contributed by atoms with van der Waals surface area (Å²) in [5.41, 5.74) is -0.262. The maximum absolute atomic E-state index is 11.7. The van der Waals surface area contributed by atoms with Crippen LogP contribution in [0.3, 0.4) is 0 Å². The molecule has 6 nitrogen and oxygen atoms in total. The first kappa shape index (κ1) is 13.6. The Morgan fingerprint density at radius 1 is 1.50 bits per heavy atom. The second-order valence-corrected chi connectivity index (χ2v) is 4.45. The van der Waals surface area contributed by atoms with Gasteiger partial charge in [0.2, 0.25) is 5.91 Å². The number of carbonyl (C=O) groups is 1. The van der Waals surface area contributed by atoms with E-state index in [9.17, 15) is 14.9 Å². The molecule has 0 atom stereocenters. The topological polar surface area (TPSA) is 96.0 Å². The molecule has 18 heavy (non-hydrogen) atoms. The third-order valence-corrected chi connectivity index (χ3v) is 2.50. The largest absolute Gasteiger partial charge is 0.325 e. The maximum Gasteiger partial charge on any atom is 0.272 e. The average molecular weight is 247 g/mol. The van der Waals surface area contributed by atoms with Gasteiger partial charge in [-0.2, -0.15) is 5.26 Å². The number of amides is 1. The summed E-state index contributed by atoms with van der Waals surface area (Å²) in [6.07, 6.45) is 0. The predicted octanol–water partition coefficient (Wildman–Crippen LogP) is 2.39. The summed E-state index contributed by atoms with van der Waals surface area (Å²) in [5.74, 6) is -0.446. The van der Waals surface area contributed by atoms with E-state index in [-0.39, 0.29) is 5.69 Å². The van der Waals surface area contributed by atoms with Crippen LogP contribution in [-0.2, 0) is 4.79 Å².